The monoisotopic (exact) mass is 268 g/mol. The van der Waals surface area contributed by atoms with Gasteiger partial charge in [0.05, 0.1) is 11.4 Å². The van der Waals surface area contributed by atoms with Crippen molar-refractivity contribution in [2.45, 2.75) is 26.3 Å². The Bertz CT molecular complexity index is 376. The molecule has 15 heavy (non-hydrogen) atoms. The van der Waals surface area contributed by atoms with Crippen LogP contribution in [0.15, 0.2) is 16.6 Å². The number of aryl methyl sites for hydroxylation is 1. The molecule has 0 bridgehead atoms. The van der Waals surface area contributed by atoms with Gasteiger partial charge in [0.25, 0.3) is 0 Å². The molecule has 0 spiro atoms. The van der Waals surface area contributed by atoms with E-state index < -0.39 is 0 Å². The van der Waals surface area contributed by atoms with E-state index in [9.17, 15) is 0 Å². The minimum Gasteiger partial charge on any atom is -0.381 e. The Balaban J connectivity index is 2.46. The maximum absolute atomic E-state index is 3.56. The summed E-state index contributed by atoms with van der Waals surface area (Å²) in [5.74, 6) is 0. The lowest BCUT2D eigenvalue weighted by Gasteiger charge is -2.37. The first-order valence-electron chi connectivity index (χ1n) is 5.40. The lowest BCUT2D eigenvalue weighted by Crippen LogP contribution is -2.41. The smallest absolute Gasteiger partial charge is 0.0616 e. The van der Waals surface area contributed by atoms with Gasteiger partial charge in [-0.2, -0.15) is 0 Å². The van der Waals surface area contributed by atoms with Gasteiger partial charge >= 0.3 is 0 Å². The lowest BCUT2D eigenvalue weighted by molar-refractivity contribution is 0.622. The highest BCUT2D eigenvalue weighted by atomic mass is 79.9. The second kappa shape index (κ2) is 4.05. The molecule has 1 N–H and O–H groups in total. The Kier molecular flexibility index (Phi) is 2.91. The van der Waals surface area contributed by atoms with Gasteiger partial charge < -0.3 is 10.2 Å². The summed E-state index contributed by atoms with van der Waals surface area (Å²) >= 11 is 3.56. The summed E-state index contributed by atoms with van der Waals surface area (Å²) in [4.78, 5) is 2.38. The predicted octanol–water partition coefficient (Wildman–Crippen LogP) is 3.40. The molecule has 0 amide bonds. The largest absolute Gasteiger partial charge is 0.381 e. The van der Waals surface area contributed by atoms with E-state index in [1.54, 1.807) is 0 Å². The van der Waals surface area contributed by atoms with Crippen LogP contribution < -0.4 is 10.2 Å². The van der Waals surface area contributed by atoms with Crippen molar-refractivity contribution >= 4 is 27.3 Å². The molecular formula is C12H17BrN2. The molecule has 0 saturated carbocycles. The number of benzene rings is 1. The first-order chi connectivity index (χ1) is 7.13. The van der Waals surface area contributed by atoms with Gasteiger partial charge in [0.15, 0.2) is 0 Å². The zero-order valence-corrected chi connectivity index (χ0v) is 11.1. The van der Waals surface area contributed by atoms with Crippen LogP contribution in [0.25, 0.3) is 0 Å². The van der Waals surface area contributed by atoms with Gasteiger partial charge in [-0.15, -0.1) is 0 Å². The first kappa shape index (κ1) is 10.8. The third kappa shape index (κ3) is 1.85. The highest BCUT2D eigenvalue weighted by molar-refractivity contribution is 9.10. The maximum atomic E-state index is 3.56. The van der Waals surface area contributed by atoms with Crippen LogP contribution in [0.4, 0.5) is 11.4 Å². The Hall–Kier alpha value is -0.700. The summed E-state index contributed by atoms with van der Waals surface area (Å²) in [6, 6.07) is 4.95. The van der Waals surface area contributed by atoms with Crippen LogP contribution in [-0.2, 0) is 0 Å². The average Bonchev–Trinajstić information content (AvgIpc) is 2.19. The molecule has 2 nitrogen and oxygen atoms in total. The van der Waals surface area contributed by atoms with E-state index in [0.717, 1.165) is 11.0 Å². The van der Waals surface area contributed by atoms with Crippen LogP contribution in [0.3, 0.4) is 0 Å². The third-order valence-corrected chi connectivity index (χ3v) is 3.65. The molecule has 82 valence electrons. The number of anilines is 2. The highest BCUT2D eigenvalue weighted by Crippen LogP contribution is 2.36. The minimum absolute atomic E-state index is 0.603. The van der Waals surface area contributed by atoms with Crippen molar-refractivity contribution in [3.05, 3.63) is 22.2 Å². The van der Waals surface area contributed by atoms with Crippen molar-refractivity contribution in [2.75, 3.05) is 23.8 Å². The number of nitrogens with zero attached hydrogens (tertiary/aromatic N) is 1. The second-order valence-corrected chi connectivity index (χ2v) is 5.09. The lowest BCUT2D eigenvalue weighted by atomic mass is 10.0. The van der Waals surface area contributed by atoms with E-state index >= 15 is 0 Å². The molecule has 0 fully saturated rings. The Labute approximate surface area is 99.8 Å². The molecule has 1 aliphatic heterocycles. The normalized spacial score (nSPS) is 19.7. The molecule has 0 aromatic heterocycles. The Morgan fingerprint density at radius 3 is 2.93 bits per heavy atom. The molecule has 1 atom stereocenters. The van der Waals surface area contributed by atoms with E-state index in [0.29, 0.717) is 6.04 Å². The maximum Gasteiger partial charge on any atom is 0.0616 e. The zero-order valence-electron chi connectivity index (χ0n) is 9.47. The Morgan fingerprint density at radius 2 is 2.27 bits per heavy atom. The van der Waals surface area contributed by atoms with Gasteiger partial charge in [-0.25, -0.2) is 0 Å². The third-order valence-electron chi connectivity index (χ3n) is 3.19. The molecular weight excluding hydrogens is 252 g/mol. The molecule has 0 radical (unpaired) electrons. The fourth-order valence-corrected chi connectivity index (χ4v) is 2.77. The summed E-state index contributed by atoms with van der Waals surface area (Å²) in [7, 11) is 2.18. The van der Waals surface area contributed by atoms with Crippen molar-refractivity contribution in [3.63, 3.8) is 0 Å². The van der Waals surface area contributed by atoms with Gasteiger partial charge in [0, 0.05) is 24.1 Å². The zero-order chi connectivity index (χ0) is 11.0. The van der Waals surface area contributed by atoms with E-state index in [2.05, 4.69) is 59.2 Å². The molecule has 0 saturated heterocycles. The van der Waals surface area contributed by atoms with Crippen LogP contribution >= 0.6 is 15.9 Å². The highest BCUT2D eigenvalue weighted by Gasteiger charge is 2.22. The minimum atomic E-state index is 0.603. The topological polar surface area (TPSA) is 15.3 Å². The molecule has 1 aromatic rings. The van der Waals surface area contributed by atoms with Crippen LogP contribution in [0.5, 0.6) is 0 Å². The van der Waals surface area contributed by atoms with Crippen molar-refractivity contribution < 1.29 is 0 Å². The van der Waals surface area contributed by atoms with Crippen LogP contribution in [0, 0.1) is 6.92 Å². The van der Waals surface area contributed by atoms with Crippen molar-refractivity contribution in [3.8, 4) is 0 Å². The number of hydrogen-bond acceptors (Lipinski definition) is 2. The first-order valence-corrected chi connectivity index (χ1v) is 6.19. The molecule has 1 aliphatic rings. The van der Waals surface area contributed by atoms with Gasteiger partial charge in [-0.05, 0) is 31.0 Å². The predicted molar refractivity (Wildman–Crippen MR) is 69.9 cm³/mol. The van der Waals surface area contributed by atoms with Gasteiger partial charge in [0.1, 0.15) is 0 Å². The average molecular weight is 269 g/mol. The SMILES string of the molecule is CCC1CNc2c(C)cc(Br)cc2N1C. The van der Waals surface area contributed by atoms with E-state index in [1.165, 1.54) is 23.4 Å². The molecule has 1 unspecified atom stereocenters. The molecule has 1 heterocycles. The van der Waals surface area contributed by atoms with Crippen molar-refractivity contribution in [2.24, 2.45) is 0 Å². The number of rotatable bonds is 1. The summed E-state index contributed by atoms with van der Waals surface area (Å²) in [5, 5.41) is 3.53. The summed E-state index contributed by atoms with van der Waals surface area (Å²) in [6.45, 7) is 5.43. The quantitative estimate of drug-likeness (QED) is 0.840. The number of halogens is 1. The standard InChI is InChI=1S/C12H17BrN2/c1-4-10-7-14-12-8(2)5-9(13)6-11(12)15(10)3/h5-6,10,14H,4,7H2,1-3H3. The number of likely N-dealkylation sites (N-methyl/N-ethyl adjacent to an activating group) is 1. The van der Waals surface area contributed by atoms with Crippen LogP contribution in [0.2, 0.25) is 0 Å². The number of fused-ring (bicyclic) bond motifs is 1. The Morgan fingerprint density at radius 1 is 1.53 bits per heavy atom. The molecule has 1 aromatic carbocycles. The fourth-order valence-electron chi connectivity index (χ4n) is 2.21. The summed E-state index contributed by atoms with van der Waals surface area (Å²) in [6.07, 6.45) is 1.18. The summed E-state index contributed by atoms with van der Waals surface area (Å²) in [5.41, 5.74) is 3.89. The molecule has 3 heteroatoms. The number of nitrogens with one attached hydrogen (secondary N) is 1. The van der Waals surface area contributed by atoms with Crippen LogP contribution in [0.1, 0.15) is 18.9 Å². The van der Waals surface area contributed by atoms with E-state index in [1.807, 2.05) is 0 Å². The molecule has 2 rings (SSSR count). The summed E-state index contributed by atoms with van der Waals surface area (Å²) < 4.78 is 1.16. The molecule has 0 aliphatic carbocycles. The van der Waals surface area contributed by atoms with Crippen molar-refractivity contribution in [1.29, 1.82) is 0 Å². The second-order valence-electron chi connectivity index (χ2n) is 4.17. The number of hydrogen-bond donors (Lipinski definition) is 1. The van der Waals surface area contributed by atoms with E-state index in [-0.39, 0.29) is 0 Å². The van der Waals surface area contributed by atoms with Crippen LogP contribution in [-0.4, -0.2) is 19.6 Å². The van der Waals surface area contributed by atoms with Gasteiger partial charge in [-0.3, -0.25) is 0 Å². The van der Waals surface area contributed by atoms with Gasteiger partial charge in [0.2, 0.25) is 0 Å². The van der Waals surface area contributed by atoms with Gasteiger partial charge in [-0.1, -0.05) is 22.9 Å². The van der Waals surface area contributed by atoms with E-state index in [4.69, 9.17) is 0 Å². The van der Waals surface area contributed by atoms with Crippen molar-refractivity contribution in [1.82, 2.24) is 0 Å². The fraction of sp³-hybridized carbons (Fsp3) is 0.500.